The molecule has 1 heterocycles. The molecule has 0 aliphatic carbocycles. The zero-order chi connectivity index (χ0) is 15.3. The first-order valence-corrected chi connectivity index (χ1v) is 7.08. The molecule has 1 N–H and O–H groups in total. The zero-order valence-corrected chi connectivity index (χ0v) is 12.3. The molecule has 0 radical (unpaired) electrons. The van der Waals surface area contributed by atoms with Crippen LogP contribution in [0.5, 0.6) is 5.75 Å². The van der Waals surface area contributed by atoms with Gasteiger partial charge in [-0.05, 0) is 24.3 Å². The molecular formula is C14H11BrF2N2O2. The first kappa shape index (κ1) is 15.4. The number of rotatable bonds is 5. The number of nitrogens with one attached hydrogen (secondary N) is 1. The van der Waals surface area contributed by atoms with Gasteiger partial charge in [-0.2, -0.15) is 8.78 Å². The molecule has 0 aliphatic rings. The first-order chi connectivity index (χ1) is 10.0. The predicted octanol–water partition coefficient (Wildman–Crippen LogP) is 3.59. The number of anilines is 1. The van der Waals surface area contributed by atoms with Crippen molar-refractivity contribution in [2.24, 2.45) is 0 Å². The first-order valence-electron chi connectivity index (χ1n) is 5.96. The van der Waals surface area contributed by atoms with Gasteiger partial charge in [-0.1, -0.05) is 40.2 Å². The average Bonchev–Trinajstić information content (AvgIpc) is 2.48. The minimum Gasteiger partial charge on any atom is -0.425 e. The van der Waals surface area contributed by atoms with Gasteiger partial charge in [0.05, 0.1) is 5.69 Å². The standard InChI is InChI=1S/C14H11BrF2N2O2/c15-9-10-5-4-8-12(18-10)19-13(20)14(16,17)21-11-6-2-1-3-7-11/h1-8H,9H2,(H,18,19,20). The second kappa shape index (κ2) is 6.62. The number of carbonyl (C=O) groups is 1. The molecule has 2 aromatic rings. The minimum atomic E-state index is -3.99. The van der Waals surface area contributed by atoms with Crippen LogP contribution in [0.25, 0.3) is 0 Å². The highest BCUT2D eigenvalue weighted by Crippen LogP contribution is 2.22. The Morgan fingerprint density at radius 1 is 1.19 bits per heavy atom. The van der Waals surface area contributed by atoms with E-state index >= 15 is 0 Å². The van der Waals surface area contributed by atoms with Crippen LogP contribution in [0, 0.1) is 0 Å². The molecule has 4 nitrogen and oxygen atoms in total. The number of nitrogens with zero attached hydrogens (tertiary/aromatic N) is 1. The van der Waals surface area contributed by atoms with Gasteiger partial charge >= 0.3 is 12.0 Å². The Hall–Kier alpha value is -2.02. The maximum absolute atomic E-state index is 13.7. The fraction of sp³-hybridized carbons (Fsp3) is 0.143. The lowest BCUT2D eigenvalue weighted by atomic mass is 10.3. The summed E-state index contributed by atoms with van der Waals surface area (Å²) in [5.41, 5.74) is 0.611. The van der Waals surface area contributed by atoms with Gasteiger partial charge in [0, 0.05) is 5.33 Å². The lowest BCUT2D eigenvalue weighted by Gasteiger charge is -2.17. The Morgan fingerprint density at radius 2 is 1.90 bits per heavy atom. The van der Waals surface area contributed by atoms with E-state index in [1.807, 2.05) is 5.32 Å². The molecule has 21 heavy (non-hydrogen) atoms. The van der Waals surface area contributed by atoms with E-state index in [0.717, 1.165) is 0 Å². The Kier molecular flexibility index (Phi) is 4.85. The normalized spacial score (nSPS) is 11.0. The summed E-state index contributed by atoms with van der Waals surface area (Å²) < 4.78 is 31.8. The van der Waals surface area contributed by atoms with Crippen LogP contribution in [0.1, 0.15) is 5.69 Å². The third kappa shape index (κ3) is 4.22. The molecule has 110 valence electrons. The average molecular weight is 357 g/mol. The molecule has 1 amide bonds. The van der Waals surface area contributed by atoms with Gasteiger partial charge in [-0.15, -0.1) is 0 Å². The van der Waals surface area contributed by atoms with Crippen molar-refractivity contribution in [1.82, 2.24) is 4.98 Å². The third-order valence-corrected chi connectivity index (χ3v) is 3.01. The number of ether oxygens (including phenoxy) is 1. The van der Waals surface area contributed by atoms with Crippen molar-refractivity contribution >= 4 is 27.7 Å². The monoisotopic (exact) mass is 356 g/mol. The number of halogens is 3. The molecule has 1 aromatic carbocycles. The van der Waals surface area contributed by atoms with Gasteiger partial charge in [0.2, 0.25) is 0 Å². The number of carbonyl (C=O) groups excluding carboxylic acids is 1. The van der Waals surface area contributed by atoms with E-state index < -0.39 is 12.0 Å². The Bertz CT molecular complexity index is 623. The van der Waals surface area contributed by atoms with Gasteiger partial charge < -0.3 is 10.1 Å². The van der Waals surface area contributed by atoms with Crippen molar-refractivity contribution in [3.63, 3.8) is 0 Å². The van der Waals surface area contributed by atoms with Crippen LogP contribution in [0.4, 0.5) is 14.6 Å². The molecule has 1 aromatic heterocycles. The summed E-state index contributed by atoms with van der Waals surface area (Å²) in [7, 11) is 0. The number of hydrogen-bond donors (Lipinski definition) is 1. The number of benzene rings is 1. The Morgan fingerprint density at radius 3 is 2.57 bits per heavy atom. The molecule has 0 saturated carbocycles. The predicted molar refractivity (Wildman–Crippen MR) is 77.5 cm³/mol. The topological polar surface area (TPSA) is 51.2 Å². The molecule has 0 aliphatic heterocycles. The maximum atomic E-state index is 13.7. The van der Waals surface area contributed by atoms with Gasteiger partial charge in [0.1, 0.15) is 11.6 Å². The van der Waals surface area contributed by atoms with E-state index in [-0.39, 0.29) is 11.6 Å². The maximum Gasteiger partial charge on any atom is 0.482 e. The number of hydrogen-bond acceptors (Lipinski definition) is 3. The lowest BCUT2D eigenvalue weighted by molar-refractivity contribution is -0.187. The smallest absolute Gasteiger partial charge is 0.425 e. The van der Waals surface area contributed by atoms with Crippen LogP contribution in [-0.2, 0) is 10.1 Å². The summed E-state index contributed by atoms with van der Waals surface area (Å²) in [6.07, 6.45) is -3.99. The largest absolute Gasteiger partial charge is 0.482 e. The van der Waals surface area contributed by atoms with Crippen molar-refractivity contribution < 1.29 is 18.3 Å². The molecule has 2 rings (SSSR count). The molecule has 0 saturated heterocycles. The van der Waals surface area contributed by atoms with Crippen LogP contribution in [0.2, 0.25) is 0 Å². The van der Waals surface area contributed by atoms with E-state index in [4.69, 9.17) is 0 Å². The van der Waals surface area contributed by atoms with Gasteiger partial charge in [0.15, 0.2) is 0 Å². The summed E-state index contributed by atoms with van der Waals surface area (Å²) in [5.74, 6) is -1.64. The number of para-hydroxylation sites is 1. The van der Waals surface area contributed by atoms with Gasteiger partial charge in [-0.3, -0.25) is 4.79 Å². The Balaban J connectivity index is 2.07. The van der Waals surface area contributed by atoms with E-state index in [9.17, 15) is 13.6 Å². The SMILES string of the molecule is O=C(Nc1cccc(CBr)n1)C(F)(F)Oc1ccccc1. The summed E-state index contributed by atoms with van der Waals surface area (Å²) in [6.45, 7) is 0. The second-order valence-electron chi connectivity index (χ2n) is 4.03. The molecule has 0 atom stereocenters. The molecule has 7 heteroatoms. The fourth-order valence-corrected chi connectivity index (χ4v) is 1.81. The Labute approximate surface area is 128 Å². The van der Waals surface area contributed by atoms with E-state index in [1.54, 1.807) is 18.2 Å². The highest BCUT2D eigenvalue weighted by molar-refractivity contribution is 9.08. The summed E-state index contributed by atoms with van der Waals surface area (Å²) >= 11 is 3.19. The highest BCUT2D eigenvalue weighted by atomic mass is 79.9. The van der Waals surface area contributed by atoms with Gasteiger partial charge in [-0.25, -0.2) is 4.98 Å². The number of pyridine rings is 1. The highest BCUT2D eigenvalue weighted by Gasteiger charge is 2.42. The number of aromatic nitrogens is 1. The van der Waals surface area contributed by atoms with Crippen molar-refractivity contribution in [2.75, 3.05) is 5.32 Å². The number of amides is 1. The molecule has 0 spiro atoms. The second-order valence-corrected chi connectivity index (χ2v) is 4.59. The third-order valence-electron chi connectivity index (χ3n) is 2.44. The minimum absolute atomic E-state index is 0.0355. The van der Waals surface area contributed by atoms with Crippen molar-refractivity contribution in [2.45, 2.75) is 11.4 Å². The van der Waals surface area contributed by atoms with E-state index in [1.165, 1.54) is 30.3 Å². The molecule has 0 bridgehead atoms. The van der Waals surface area contributed by atoms with Crippen LogP contribution in [-0.4, -0.2) is 17.0 Å². The molecular weight excluding hydrogens is 346 g/mol. The van der Waals surface area contributed by atoms with Crippen LogP contribution in [0.3, 0.4) is 0 Å². The summed E-state index contributed by atoms with van der Waals surface area (Å²) in [6, 6.07) is 12.1. The van der Waals surface area contributed by atoms with Crippen molar-refractivity contribution in [3.8, 4) is 5.75 Å². The summed E-state index contributed by atoms with van der Waals surface area (Å²) in [5, 5.41) is 2.48. The van der Waals surface area contributed by atoms with Crippen LogP contribution in [0.15, 0.2) is 48.5 Å². The lowest BCUT2D eigenvalue weighted by Crippen LogP contribution is -2.40. The summed E-state index contributed by atoms with van der Waals surface area (Å²) in [4.78, 5) is 15.6. The molecule has 0 unspecified atom stereocenters. The van der Waals surface area contributed by atoms with Crippen molar-refractivity contribution in [3.05, 3.63) is 54.2 Å². The molecule has 0 fully saturated rings. The van der Waals surface area contributed by atoms with E-state index in [2.05, 4.69) is 25.7 Å². The van der Waals surface area contributed by atoms with Crippen LogP contribution < -0.4 is 10.1 Å². The van der Waals surface area contributed by atoms with Crippen molar-refractivity contribution in [1.29, 1.82) is 0 Å². The van der Waals surface area contributed by atoms with Crippen LogP contribution >= 0.6 is 15.9 Å². The number of alkyl halides is 3. The zero-order valence-electron chi connectivity index (χ0n) is 10.7. The van der Waals surface area contributed by atoms with E-state index in [0.29, 0.717) is 11.0 Å². The fourth-order valence-electron chi connectivity index (χ4n) is 1.50. The van der Waals surface area contributed by atoms with Gasteiger partial charge in [0.25, 0.3) is 0 Å². The quantitative estimate of drug-likeness (QED) is 0.833.